The Kier molecular flexibility index (Phi) is 9.40. The molecule has 41 heavy (non-hydrogen) atoms. The number of rotatable bonds is 8. The van der Waals surface area contributed by atoms with E-state index in [1.807, 2.05) is 0 Å². The number of aliphatic hydroxyl groups is 1. The smallest absolute Gasteiger partial charge is 0.390 e. The van der Waals surface area contributed by atoms with Crippen molar-refractivity contribution in [1.82, 2.24) is 29.7 Å². The molecule has 8 nitrogen and oxygen atoms in total. The van der Waals surface area contributed by atoms with Gasteiger partial charge in [-0.25, -0.2) is 4.98 Å². The first-order valence-corrected chi connectivity index (χ1v) is 14.4. The molecule has 1 saturated carbocycles. The molecule has 2 aliphatic heterocycles. The summed E-state index contributed by atoms with van der Waals surface area (Å²) in [7, 11) is 0. The maximum atomic E-state index is 12.6. The van der Waals surface area contributed by atoms with Crippen LogP contribution in [0.5, 0.6) is 0 Å². The number of alkyl halides is 3. The number of nitrogens with zero attached hydrogens (tertiary/aromatic N) is 5. The Morgan fingerprint density at radius 3 is 2.32 bits per heavy atom. The van der Waals surface area contributed by atoms with Crippen LogP contribution in [0.25, 0.3) is 22.2 Å². The molecule has 6 rings (SSSR count). The van der Waals surface area contributed by atoms with Crippen LogP contribution >= 0.6 is 12.4 Å². The highest BCUT2D eigenvalue weighted by Gasteiger charge is 2.29. The molecule has 1 aromatic carbocycles. The lowest BCUT2D eigenvalue weighted by Gasteiger charge is -2.43. The Hall–Kier alpha value is -2.44. The Labute approximate surface area is 244 Å². The Bertz CT molecular complexity index is 1280. The molecular weight excluding hydrogens is 555 g/mol. The summed E-state index contributed by atoms with van der Waals surface area (Å²) in [6.07, 6.45) is 1.46. The molecule has 12 heteroatoms. The van der Waals surface area contributed by atoms with E-state index in [1.165, 1.54) is 5.56 Å². The number of nitrogens with one attached hydrogen (secondary N) is 2. The lowest BCUT2D eigenvalue weighted by atomic mass is 9.93. The normalized spacial score (nSPS) is 22.8. The zero-order valence-corrected chi connectivity index (χ0v) is 23.9. The molecule has 4 heterocycles. The average Bonchev–Trinajstić information content (AvgIpc) is 3.28. The number of anilines is 1. The number of fused-ring (bicyclic) bond motifs is 1. The number of hydrogen-bond donors (Lipinski definition) is 3. The van der Waals surface area contributed by atoms with Crippen LogP contribution in [-0.4, -0.2) is 93.6 Å². The number of aromatic nitrogens is 3. The predicted octanol–water partition coefficient (Wildman–Crippen LogP) is 4.45. The molecule has 3 fully saturated rings. The second kappa shape index (κ2) is 12.8. The van der Waals surface area contributed by atoms with Crippen LogP contribution < -0.4 is 10.6 Å². The fraction of sp³-hybridized carbons (Fsp3) is 0.586. The number of benzene rings is 1. The van der Waals surface area contributed by atoms with Gasteiger partial charge in [-0.3, -0.25) is 9.80 Å². The second-order valence-corrected chi connectivity index (χ2v) is 11.5. The van der Waals surface area contributed by atoms with Crippen LogP contribution in [0.2, 0.25) is 0 Å². The highest BCUT2D eigenvalue weighted by atomic mass is 35.5. The van der Waals surface area contributed by atoms with E-state index >= 15 is 0 Å². The van der Waals surface area contributed by atoms with Crippen LogP contribution in [0.15, 0.2) is 36.7 Å². The average molecular weight is 594 g/mol. The van der Waals surface area contributed by atoms with Gasteiger partial charge in [0.05, 0.1) is 12.5 Å². The first-order chi connectivity index (χ1) is 19.3. The SMILES string of the molecule is Cl.O[C@H]1CC[C@H](n2cc(-c3ccc(CN4CCN(C5CNC5)CC4)cc3)c3cnc(NCCC(F)(F)F)nc32)CC1. The highest BCUT2D eigenvalue weighted by molar-refractivity contribution is 5.94. The van der Waals surface area contributed by atoms with Crippen LogP contribution in [0.4, 0.5) is 19.1 Å². The maximum Gasteiger partial charge on any atom is 0.390 e. The van der Waals surface area contributed by atoms with Gasteiger partial charge in [0.1, 0.15) is 5.65 Å². The van der Waals surface area contributed by atoms with Gasteiger partial charge >= 0.3 is 6.18 Å². The Balaban J connectivity index is 0.00000337. The lowest BCUT2D eigenvalue weighted by Crippen LogP contribution is -2.61. The summed E-state index contributed by atoms with van der Waals surface area (Å²) < 4.78 is 40.1. The van der Waals surface area contributed by atoms with Crippen molar-refractivity contribution in [2.75, 3.05) is 51.1 Å². The molecule has 224 valence electrons. The maximum absolute atomic E-state index is 12.6. The van der Waals surface area contributed by atoms with Crippen molar-refractivity contribution in [2.24, 2.45) is 0 Å². The van der Waals surface area contributed by atoms with Gasteiger partial charge in [0.2, 0.25) is 5.95 Å². The third-order valence-corrected chi connectivity index (χ3v) is 8.68. The van der Waals surface area contributed by atoms with E-state index in [0.29, 0.717) is 11.7 Å². The number of halogens is 4. The zero-order chi connectivity index (χ0) is 27.7. The van der Waals surface area contributed by atoms with Crippen LogP contribution in [0, 0.1) is 0 Å². The quantitative estimate of drug-likeness (QED) is 0.356. The van der Waals surface area contributed by atoms with E-state index in [-0.39, 0.29) is 37.0 Å². The van der Waals surface area contributed by atoms with E-state index in [4.69, 9.17) is 0 Å². The second-order valence-electron chi connectivity index (χ2n) is 11.5. The molecule has 0 unspecified atom stereocenters. The van der Waals surface area contributed by atoms with E-state index < -0.39 is 12.6 Å². The fourth-order valence-electron chi connectivity index (χ4n) is 6.14. The third-order valence-electron chi connectivity index (χ3n) is 8.68. The van der Waals surface area contributed by atoms with Crippen molar-refractivity contribution in [1.29, 1.82) is 0 Å². The van der Waals surface area contributed by atoms with E-state index in [9.17, 15) is 18.3 Å². The summed E-state index contributed by atoms with van der Waals surface area (Å²) in [5, 5.41) is 17.0. The Morgan fingerprint density at radius 2 is 1.68 bits per heavy atom. The molecule has 3 aliphatic rings. The minimum atomic E-state index is -4.23. The van der Waals surface area contributed by atoms with Crippen molar-refractivity contribution in [3.8, 4) is 11.1 Å². The summed E-state index contributed by atoms with van der Waals surface area (Å²) in [5.41, 5.74) is 4.06. The molecule has 0 spiro atoms. The number of piperazine rings is 1. The summed E-state index contributed by atoms with van der Waals surface area (Å²) >= 11 is 0. The lowest BCUT2D eigenvalue weighted by molar-refractivity contribution is -0.131. The van der Waals surface area contributed by atoms with E-state index in [2.05, 4.69) is 65.4 Å². The minimum Gasteiger partial charge on any atom is -0.393 e. The van der Waals surface area contributed by atoms with Crippen LogP contribution in [-0.2, 0) is 6.54 Å². The van der Waals surface area contributed by atoms with Crippen molar-refractivity contribution in [3.63, 3.8) is 0 Å². The molecule has 2 saturated heterocycles. The van der Waals surface area contributed by atoms with Crippen LogP contribution in [0.1, 0.15) is 43.7 Å². The molecule has 0 atom stereocenters. The monoisotopic (exact) mass is 593 g/mol. The van der Waals surface area contributed by atoms with Gasteiger partial charge in [-0.05, 0) is 36.8 Å². The topological polar surface area (TPSA) is 81.5 Å². The van der Waals surface area contributed by atoms with Gasteiger partial charge in [-0.1, -0.05) is 24.3 Å². The first kappa shape index (κ1) is 30.0. The van der Waals surface area contributed by atoms with Crippen molar-refractivity contribution >= 4 is 29.4 Å². The van der Waals surface area contributed by atoms with Gasteiger partial charge < -0.3 is 20.3 Å². The molecule has 3 aromatic rings. The zero-order valence-electron chi connectivity index (χ0n) is 23.1. The Morgan fingerprint density at radius 1 is 0.976 bits per heavy atom. The van der Waals surface area contributed by atoms with Gasteiger partial charge in [-0.15, -0.1) is 12.4 Å². The minimum absolute atomic E-state index is 0. The predicted molar refractivity (Wildman–Crippen MR) is 156 cm³/mol. The number of hydrogen-bond acceptors (Lipinski definition) is 7. The molecular formula is C29H39ClF3N7O. The molecule has 1 aliphatic carbocycles. The summed E-state index contributed by atoms with van der Waals surface area (Å²) in [4.78, 5) is 14.1. The molecule has 0 radical (unpaired) electrons. The van der Waals surface area contributed by atoms with E-state index in [1.54, 1.807) is 6.20 Å². The third kappa shape index (κ3) is 7.14. The highest BCUT2D eigenvalue weighted by Crippen LogP contribution is 2.37. The number of aliphatic hydroxyl groups excluding tert-OH is 1. The summed E-state index contributed by atoms with van der Waals surface area (Å²) in [6, 6.07) is 9.54. The van der Waals surface area contributed by atoms with Gasteiger partial charge in [0, 0.05) is 87.8 Å². The standard InChI is InChI=1S/C29H38F3N7O.ClH/c30-29(31,32)9-10-34-28-35-17-25-26(19-39(27(25)36-28)22-5-7-24(40)8-6-22)21-3-1-20(2-4-21)18-37-11-13-38(14-12-37)23-15-33-16-23;/h1-4,17,19,22-24,33,40H,5-16,18H2,(H,34,35,36);1H/t22-,24-;. The largest absolute Gasteiger partial charge is 0.393 e. The van der Waals surface area contributed by atoms with Crippen molar-refractivity contribution in [2.45, 2.75) is 63.0 Å². The molecule has 2 aromatic heterocycles. The van der Waals surface area contributed by atoms with E-state index in [0.717, 1.165) is 88.0 Å². The summed E-state index contributed by atoms with van der Waals surface area (Å²) in [5.74, 6) is 0.197. The molecule has 3 N–H and O–H groups in total. The van der Waals surface area contributed by atoms with Gasteiger partial charge in [0.15, 0.2) is 0 Å². The van der Waals surface area contributed by atoms with Crippen molar-refractivity contribution < 1.29 is 18.3 Å². The van der Waals surface area contributed by atoms with Gasteiger partial charge in [0.25, 0.3) is 0 Å². The molecule has 0 amide bonds. The van der Waals surface area contributed by atoms with Gasteiger partial charge in [-0.2, -0.15) is 18.2 Å². The first-order valence-electron chi connectivity index (χ1n) is 14.4. The summed E-state index contributed by atoms with van der Waals surface area (Å²) in [6.45, 7) is 7.29. The van der Waals surface area contributed by atoms with Crippen LogP contribution in [0.3, 0.4) is 0 Å². The van der Waals surface area contributed by atoms with Crippen molar-refractivity contribution in [3.05, 3.63) is 42.2 Å². The molecule has 0 bridgehead atoms. The fourth-order valence-corrected chi connectivity index (χ4v) is 6.14.